The molecule has 2 atom stereocenters. The lowest BCUT2D eigenvalue weighted by Crippen LogP contribution is -2.42. The molecule has 1 heterocycles. The van der Waals surface area contributed by atoms with Crippen LogP contribution in [0.3, 0.4) is 0 Å². The van der Waals surface area contributed by atoms with Gasteiger partial charge in [-0.05, 0) is 47.9 Å². The maximum atomic E-state index is 13.1. The fraction of sp³-hybridized carbons (Fsp3) is 0.364. The zero-order valence-electron chi connectivity index (χ0n) is 15.5. The van der Waals surface area contributed by atoms with Gasteiger partial charge in [-0.1, -0.05) is 38.1 Å². The zero-order valence-corrected chi connectivity index (χ0v) is 16.3. The predicted molar refractivity (Wildman–Crippen MR) is 110 cm³/mol. The Morgan fingerprint density at radius 1 is 1.08 bits per heavy atom. The Labute approximate surface area is 159 Å². The van der Waals surface area contributed by atoms with Gasteiger partial charge in [-0.2, -0.15) is 0 Å². The third kappa shape index (κ3) is 3.18. The van der Waals surface area contributed by atoms with Crippen molar-refractivity contribution in [2.24, 2.45) is 16.3 Å². The van der Waals surface area contributed by atoms with Gasteiger partial charge in [0, 0.05) is 17.0 Å². The highest BCUT2D eigenvalue weighted by Crippen LogP contribution is 2.45. The van der Waals surface area contributed by atoms with E-state index in [-0.39, 0.29) is 17.4 Å². The fourth-order valence-electron chi connectivity index (χ4n) is 4.10. The lowest BCUT2D eigenvalue weighted by molar-refractivity contribution is -0.124. The average Bonchev–Trinajstić information content (AvgIpc) is 2.77. The largest absolute Gasteiger partial charge is 0.375 e. The topological polar surface area (TPSA) is 41.5 Å². The molecule has 4 heteroatoms. The van der Waals surface area contributed by atoms with E-state index in [1.165, 1.54) is 4.90 Å². The number of nitrogens with one attached hydrogen (secondary N) is 1. The van der Waals surface area contributed by atoms with Crippen LogP contribution in [0.5, 0.6) is 0 Å². The summed E-state index contributed by atoms with van der Waals surface area (Å²) in [4.78, 5) is 19.3. The molecule has 3 nitrogen and oxygen atoms in total. The van der Waals surface area contributed by atoms with Crippen LogP contribution in [0.1, 0.15) is 38.3 Å². The van der Waals surface area contributed by atoms with Crippen molar-refractivity contribution in [3.8, 4) is 0 Å². The summed E-state index contributed by atoms with van der Waals surface area (Å²) in [5.41, 5.74) is 4.06. The average molecular weight is 365 g/mol. The van der Waals surface area contributed by atoms with E-state index < -0.39 is 0 Å². The van der Waals surface area contributed by atoms with Gasteiger partial charge in [0.25, 0.3) is 0 Å². The summed E-state index contributed by atoms with van der Waals surface area (Å²) in [5.74, 6) is 0.0924. The van der Waals surface area contributed by atoms with Gasteiger partial charge in [0.05, 0.1) is 23.3 Å². The lowest BCUT2D eigenvalue weighted by atomic mass is 9.68. The first-order chi connectivity index (χ1) is 12.5. The van der Waals surface area contributed by atoms with E-state index in [0.717, 1.165) is 29.1 Å². The number of hydrogen-bond acceptors (Lipinski definition) is 4. The summed E-state index contributed by atoms with van der Waals surface area (Å²) in [6, 6.07) is 16.6. The molecule has 1 aliphatic heterocycles. The smallest absolute Gasteiger partial charge is 0.144 e. The molecule has 0 radical (unpaired) electrons. The first kappa shape index (κ1) is 17.3. The Morgan fingerprint density at radius 3 is 2.54 bits per heavy atom. The number of rotatable bonds is 2. The van der Waals surface area contributed by atoms with Crippen molar-refractivity contribution in [2.45, 2.75) is 37.6 Å². The summed E-state index contributed by atoms with van der Waals surface area (Å²) in [6.45, 7) is 4.33. The number of hydrogen-bond donors (Lipinski definition) is 1. The van der Waals surface area contributed by atoms with Crippen LogP contribution in [0.4, 0.5) is 11.4 Å². The molecular weight excluding hydrogens is 340 g/mol. The molecular formula is C22H24N2OS. The molecule has 4 rings (SSSR count). The molecule has 0 amide bonds. The monoisotopic (exact) mass is 364 g/mol. The number of carbonyl (C=O) groups excluding carboxylic acids is 1. The van der Waals surface area contributed by atoms with Gasteiger partial charge in [0.2, 0.25) is 0 Å². The van der Waals surface area contributed by atoms with Gasteiger partial charge in [0.15, 0.2) is 0 Å². The molecule has 2 aromatic carbocycles. The number of aliphatic imine (C=N–C) groups is 1. The van der Waals surface area contributed by atoms with E-state index >= 15 is 0 Å². The summed E-state index contributed by atoms with van der Waals surface area (Å²) >= 11 is 1.73. The van der Waals surface area contributed by atoms with E-state index in [1.807, 2.05) is 18.2 Å². The second-order valence-corrected chi connectivity index (χ2v) is 8.86. The Hall–Kier alpha value is -2.07. The number of nitrogens with zero attached hydrogens (tertiary/aromatic N) is 1. The quantitative estimate of drug-likeness (QED) is 0.700. The number of para-hydroxylation sites is 2. The van der Waals surface area contributed by atoms with Crippen LogP contribution in [-0.2, 0) is 4.79 Å². The number of fused-ring (bicyclic) bond motifs is 2. The van der Waals surface area contributed by atoms with E-state index in [9.17, 15) is 4.79 Å². The van der Waals surface area contributed by atoms with Crippen LogP contribution >= 0.6 is 11.8 Å². The van der Waals surface area contributed by atoms with Gasteiger partial charge >= 0.3 is 0 Å². The third-order valence-corrected chi connectivity index (χ3v) is 6.05. The molecule has 2 unspecified atom stereocenters. The molecule has 0 saturated heterocycles. The first-order valence-electron chi connectivity index (χ1n) is 9.06. The van der Waals surface area contributed by atoms with E-state index in [4.69, 9.17) is 4.99 Å². The van der Waals surface area contributed by atoms with Gasteiger partial charge in [-0.3, -0.25) is 9.79 Å². The van der Waals surface area contributed by atoms with Crippen LogP contribution in [0.2, 0.25) is 0 Å². The molecule has 1 fully saturated rings. The molecule has 1 N–H and O–H groups in total. The van der Waals surface area contributed by atoms with Crippen molar-refractivity contribution in [2.75, 3.05) is 11.6 Å². The number of Topliss-reactive ketones (excluding diaryl/α,β-unsaturated/α-hetero) is 1. The van der Waals surface area contributed by atoms with Crippen LogP contribution in [0.15, 0.2) is 58.4 Å². The zero-order chi connectivity index (χ0) is 18.3. The van der Waals surface area contributed by atoms with Gasteiger partial charge in [-0.25, -0.2) is 0 Å². The predicted octanol–water partition coefficient (Wildman–Crippen LogP) is 5.65. The number of benzene rings is 2. The van der Waals surface area contributed by atoms with Gasteiger partial charge < -0.3 is 5.32 Å². The Bertz CT molecular complexity index is 870. The standard InChI is InChI=1S/C22H24N2OS/c1-22(2)12-18-20(19(25)13-22)21(14-8-10-15(26-3)11-9-14)24-17-7-5-4-6-16(17)23-18/h4-11,20-21,24H,12-13H2,1-3H3. The van der Waals surface area contributed by atoms with Gasteiger partial charge in [0.1, 0.15) is 5.78 Å². The highest BCUT2D eigenvalue weighted by molar-refractivity contribution is 7.98. The molecule has 0 spiro atoms. The molecule has 2 aliphatic rings. The number of thioether (sulfide) groups is 1. The molecule has 1 aliphatic carbocycles. The lowest BCUT2D eigenvalue weighted by Gasteiger charge is -2.37. The molecule has 134 valence electrons. The first-order valence-corrected chi connectivity index (χ1v) is 10.3. The summed E-state index contributed by atoms with van der Waals surface area (Å²) in [6.07, 6.45) is 3.54. The third-order valence-electron chi connectivity index (χ3n) is 5.31. The summed E-state index contributed by atoms with van der Waals surface area (Å²) in [5, 5.41) is 3.63. The highest BCUT2D eigenvalue weighted by atomic mass is 32.2. The highest BCUT2D eigenvalue weighted by Gasteiger charge is 2.43. The fourth-order valence-corrected chi connectivity index (χ4v) is 4.51. The Kier molecular flexibility index (Phi) is 4.39. The normalized spacial score (nSPS) is 24.0. The van der Waals surface area contributed by atoms with Crippen LogP contribution in [-0.4, -0.2) is 17.8 Å². The number of ketones is 1. The minimum atomic E-state index is -0.199. The molecule has 0 aromatic heterocycles. The maximum absolute atomic E-state index is 13.1. The van der Waals surface area contributed by atoms with E-state index in [0.29, 0.717) is 12.2 Å². The van der Waals surface area contributed by atoms with Crippen LogP contribution < -0.4 is 5.32 Å². The number of carbonyl (C=O) groups is 1. The van der Waals surface area contributed by atoms with Crippen LogP contribution in [0.25, 0.3) is 0 Å². The molecule has 1 saturated carbocycles. The minimum Gasteiger partial charge on any atom is -0.375 e. The SMILES string of the molecule is CSc1ccc(C2Nc3ccccc3N=C3CC(C)(C)CC(=O)C32)cc1. The van der Waals surface area contributed by atoms with Crippen molar-refractivity contribution >= 4 is 34.6 Å². The molecule has 2 aromatic rings. The van der Waals surface area contributed by atoms with Crippen molar-refractivity contribution < 1.29 is 4.79 Å². The second kappa shape index (κ2) is 6.58. The Balaban J connectivity index is 1.83. The minimum absolute atomic E-state index is 0.0288. The molecule has 26 heavy (non-hydrogen) atoms. The Morgan fingerprint density at radius 2 is 1.81 bits per heavy atom. The van der Waals surface area contributed by atoms with Crippen LogP contribution in [0, 0.1) is 11.3 Å². The number of anilines is 1. The van der Waals surface area contributed by atoms with E-state index in [2.05, 4.69) is 55.8 Å². The second-order valence-electron chi connectivity index (χ2n) is 7.98. The van der Waals surface area contributed by atoms with Crippen molar-refractivity contribution in [3.05, 3.63) is 54.1 Å². The van der Waals surface area contributed by atoms with Crippen molar-refractivity contribution in [1.82, 2.24) is 0 Å². The molecule has 0 bridgehead atoms. The van der Waals surface area contributed by atoms with E-state index in [1.54, 1.807) is 11.8 Å². The summed E-state index contributed by atoms with van der Waals surface area (Å²) in [7, 11) is 0. The van der Waals surface area contributed by atoms with Crippen molar-refractivity contribution in [1.29, 1.82) is 0 Å². The summed E-state index contributed by atoms with van der Waals surface area (Å²) < 4.78 is 0. The maximum Gasteiger partial charge on any atom is 0.144 e. The van der Waals surface area contributed by atoms with Crippen molar-refractivity contribution in [3.63, 3.8) is 0 Å². The van der Waals surface area contributed by atoms with Gasteiger partial charge in [-0.15, -0.1) is 11.8 Å².